The van der Waals surface area contributed by atoms with Gasteiger partial charge in [0, 0.05) is 19.1 Å². The number of nitrogens with one attached hydrogen (secondary N) is 2. The molecule has 0 radical (unpaired) electrons. The number of urea groups is 1. The third-order valence-electron chi connectivity index (χ3n) is 2.18. The summed E-state index contributed by atoms with van der Waals surface area (Å²) in [7, 11) is 3.79. The van der Waals surface area contributed by atoms with Crippen LogP contribution in [0.3, 0.4) is 0 Å². The molecular formula is C11H23N3O4. The van der Waals surface area contributed by atoms with Crippen molar-refractivity contribution < 1.29 is 19.8 Å². The summed E-state index contributed by atoms with van der Waals surface area (Å²) in [5.74, 6) is -1.11. The summed E-state index contributed by atoms with van der Waals surface area (Å²) in [6, 6.07) is -0.459. The van der Waals surface area contributed by atoms with E-state index >= 15 is 0 Å². The van der Waals surface area contributed by atoms with Crippen molar-refractivity contribution in [1.82, 2.24) is 15.5 Å². The first-order valence-electron chi connectivity index (χ1n) is 5.75. The highest BCUT2D eigenvalue weighted by molar-refractivity contribution is 5.74. The van der Waals surface area contributed by atoms with Gasteiger partial charge in [0.1, 0.15) is 0 Å². The lowest BCUT2D eigenvalue weighted by molar-refractivity contribution is -0.141. The number of carboxylic acid groups (broad SMARTS) is 1. The van der Waals surface area contributed by atoms with Crippen LogP contribution in [0.4, 0.5) is 4.79 Å². The van der Waals surface area contributed by atoms with Crippen molar-refractivity contribution in [2.24, 2.45) is 0 Å². The SMILES string of the molecule is CC(CN(C)C)NC(=O)NCC(C)(O)CC(=O)O. The van der Waals surface area contributed by atoms with Crippen molar-refractivity contribution in [3.8, 4) is 0 Å². The van der Waals surface area contributed by atoms with Crippen LogP contribution in [-0.4, -0.2) is 65.9 Å². The van der Waals surface area contributed by atoms with Crippen molar-refractivity contribution in [2.75, 3.05) is 27.2 Å². The summed E-state index contributed by atoms with van der Waals surface area (Å²) in [5, 5.41) is 23.4. The molecule has 2 atom stereocenters. The van der Waals surface area contributed by atoms with Gasteiger partial charge < -0.3 is 25.7 Å². The van der Waals surface area contributed by atoms with Crippen LogP contribution in [0.15, 0.2) is 0 Å². The summed E-state index contributed by atoms with van der Waals surface area (Å²) in [6.07, 6.45) is -0.416. The molecule has 2 amide bonds. The maximum atomic E-state index is 11.5. The van der Waals surface area contributed by atoms with Gasteiger partial charge in [0.05, 0.1) is 12.0 Å². The molecule has 0 aliphatic carbocycles. The molecule has 0 fully saturated rings. The zero-order chi connectivity index (χ0) is 14.3. The molecule has 0 aromatic rings. The first-order valence-corrected chi connectivity index (χ1v) is 5.75. The predicted octanol–water partition coefficient (Wildman–Crippen LogP) is -0.539. The molecule has 7 heteroatoms. The number of carbonyl (C=O) groups excluding carboxylic acids is 1. The molecule has 0 heterocycles. The smallest absolute Gasteiger partial charge is 0.315 e. The summed E-state index contributed by atoms with van der Waals surface area (Å²) in [4.78, 5) is 23.9. The fraction of sp³-hybridized carbons (Fsp3) is 0.818. The Hall–Kier alpha value is -1.34. The van der Waals surface area contributed by atoms with Crippen LogP contribution in [0.5, 0.6) is 0 Å². The van der Waals surface area contributed by atoms with E-state index < -0.39 is 24.0 Å². The van der Waals surface area contributed by atoms with E-state index in [4.69, 9.17) is 5.11 Å². The molecule has 2 unspecified atom stereocenters. The summed E-state index contributed by atoms with van der Waals surface area (Å²) >= 11 is 0. The largest absolute Gasteiger partial charge is 0.481 e. The second-order valence-corrected chi connectivity index (χ2v) is 5.06. The van der Waals surface area contributed by atoms with E-state index in [2.05, 4.69) is 10.6 Å². The summed E-state index contributed by atoms with van der Waals surface area (Å²) in [5.41, 5.74) is -1.45. The number of nitrogens with zero attached hydrogens (tertiary/aromatic N) is 1. The van der Waals surface area contributed by atoms with E-state index in [1.807, 2.05) is 25.9 Å². The van der Waals surface area contributed by atoms with Crippen molar-refractivity contribution in [3.05, 3.63) is 0 Å². The van der Waals surface area contributed by atoms with E-state index in [0.29, 0.717) is 6.54 Å². The molecule has 7 nitrogen and oxygen atoms in total. The van der Waals surface area contributed by atoms with E-state index in [9.17, 15) is 14.7 Å². The molecule has 4 N–H and O–H groups in total. The standard InChI is InChI=1S/C11H23N3O4/c1-8(6-14(3)4)13-10(17)12-7-11(2,18)5-9(15)16/h8,18H,5-7H2,1-4H3,(H,15,16)(H2,12,13,17). The van der Waals surface area contributed by atoms with Crippen LogP contribution >= 0.6 is 0 Å². The monoisotopic (exact) mass is 261 g/mol. The number of hydrogen-bond donors (Lipinski definition) is 4. The molecule has 0 saturated carbocycles. The van der Waals surface area contributed by atoms with Gasteiger partial charge in [-0.05, 0) is 27.9 Å². The lowest BCUT2D eigenvalue weighted by atomic mass is 10.0. The Labute approximate surface area is 107 Å². The third kappa shape index (κ3) is 8.77. The van der Waals surface area contributed by atoms with E-state index in [0.717, 1.165) is 0 Å². The molecule has 0 aliphatic rings. The molecule has 0 spiro atoms. The fourth-order valence-corrected chi connectivity index (χ4v) is 1.53. The second-order valence-electron chi connectivity index (χ2n) is 5.06. The Morgan fingerprint density at radius 1 is 1.39 bits per heavy atom. The number of aliphatic carboxylic acids is 1. The zero-order valence-electron chi connectivity index (χ0n) is 11.4. The minimum absolute atomic E-state index is 0.0376. The second kappa shape index (κ2) is 7.17. The van der Waals surface area contributed by atoms with Gasteiger partial charge in [-0.15, -0.1) is 0 Å². The maximum Gasteiger partial charge on any atom is 0.315 e. The van der Waals surface area contributed by atoms with Gasteiger partial charge in [0.25, 0.3) is 0 Å². The number of carboxylic acids is 1. The third-order valence-corrected chi connectivity index (χ3v) is 2.18. The van der Waals surface area contributed by atoms with Crippen molar-refractivity contribution in [2.45, 2.75) is 31.9 Å². The average molecular weight is 261 g/mol. The quantitative estimate of drug-likeness (QED) is 0.493. The normalized spacial score (nSPS) is 15.9. The molecule has 0 aromatic heterocycles. The van der Waals surface area contributed by atoms with Gasteiger partial charge in [0.15, 0.2) is 0 Å². The van der Waals surface area contributed by atoms with Crippen LogP contribution < -0.4 is 10.6 Å². The van der Waals surface area contributed by atoms with E-state index in [1.54, 1.807) is 0 Å². The fourth-order valence-electron chi connectivity index (χ4n) is 1.53. The Balaban J connectivity index is 3.99. The van der Waals surface area contributed by atoms with Gasteiger partial charge in [-0.2, -0.15) is 0 Å². The van der Waals surface area contributed by atoms with Crippen molar-refractivity contribution in [1.29, 1.82) is 0 Å². The number of aliphatic hydroxyl groups is 1. The van der Waals surface area contributed by atoms with Crippen LogP contribution in [0, 0.1) is 0 Å². The van der Waals surface area contributed by atoms with E-state index in [-0.39, 0.29) is 12.6 Å². The minimum Gasteiger partial charge on any atom is -0.481 e. The van der Waals surface area contributed by atoms with Gasteiger partial charge in [-0.3, -0.25) is 4.79 Å². The van der Waals surface area contributed by atoms with Gasteiger partial charge in [-0.1, -0.05) is 0 Å². The van der Waals surface area contributed by atoms with Crippen molar-refractivity contribution >= 4 is 12.0 Å². The van der Waals surface area contributed by atoms with Gasteiger partial charge in [-0.25, -0.2) is 4.79 Å². The lowest BCUT2D eigenvalue weighted by Gasteiger charge is -2.23. The minimum atomic E-state index is -1.45. The lowest BCUT2D eigenvalue weighted by Crippen LogP contribution is -2.49. The highest BCUT2D eigenvalue weighted by atomic mass is 16.4. The number of likely N-dealkylation sites (N-methyl/N-ethyl adjacent to an activating group) is 1. The molecule has 0 aromatic carbocycles. The number of carbonyl (C=O) groups is 2. The Kier molecular flexibility index (Phi) is 6.64. The number of hydrogen-bond acceptors (Lipinski definition) is 4. The van der Waals surface area contributed by atoms with Gasteiger partial charge >= 0.3 is 12.0 Å². The van der Waals surface area contributed by atoms with Crippen LogP contribution in [0.2, 0.25) is 0 Å². The predicted molar refractivity (Wildman–Crippen MR) is 67.4 cm³/mol. The summed E-state index contributed by atoms with van der Waals surface area (Å²) < 4.78 is 0. The maximum absolute atomic E-state index is 11.5. The Morgan fingerprint density at radius 2 is 1.94 bits per heavy atom. The molecule has 0 rings (SSSR count). The van der Waals surface area contributed by atoms with Crippen molar-refractivity contribution in [3.63, 3.8) is 0 Å². The van der Waals surface area contributed by atoms with Gasteiger partial charge in [0.2, 0.25) is 0 Å². The average Bonchev–Trinajstić information content (AvgIpc) is 2.11. The van der Waals surface area contributed by atoms with Crippen LogP contribution in [-0.2, 0) is 4.79 Å². The Bertz CT molecular complexity index is 292. The van der Waals surface area contributed by atoms with Crippen LogP contribution in [0.25, 0.3) is 0 Å². The molecule has 0 aliphatic heterocycles. The first-order chi connectivity index (χ1) is 8.12. The molecule has 0 bridgehead atoms. The molecule has 106 valence electrons. The van der Waals surface area contributed by atoms with E-state index in [1.165, 1.54) is 6.92 Å². The number of rotatable bonds is 7. The molecule has 0 saturated heterocycles. The first kappa shape index (κ1) is 16.7. The van der Waals surface area contributed by atoms with Crippen LogP contribution in [0.1, 0.15) is 20.3 Å². The zero-order valence-corrected chi connectivity index (χ0v) is 11.4. The highest BCUT2D eigenvalue weighted by Crippen LogP contribution is 2.07. The number of amides is 2. The Morgan fingerprint density at radius 3 is 2.39 bits per heavy atom. The molecular weight excluding hydrogens is 238 g/mol. The summed E-state index contributed by atoms with van der Waals surface area (Å²) in [6.45, 7) is 3.80. The topological polar surface area (TPSA) is 102 Å². The highest BCUT2D eigenvalue weighted by Gasteiger charge is 2.24. The molecule has 18 heavy (non-hydrogen) atoms.